The van der Waals surface area contributed by atoms with Gasteiger partial charge < -0.3 is 10.2 Å². The molecule has 2 aliphatic carbocycles. The molecule has 0 fully saturated rings. The number of phenols is 2. The van der Waals surface area contributed by atoms with E-state index in [0.29, 0.717) is 11.5 Å². The Bertz CT molecular complexity index is 615. The molecule has 0 spiro atoms. The summed E-state index contributed by atoms with van der Waals surface area (Å²) in [6.45, 7) is 1.99. The van der Waals surface area contributed by atoms with Gasteiger partial charge in [0.15, 0.2) is 0 Å². The van der Waals surface area contributed by atoms with Gasteiger partial charge in [-0.15, -0.1) is 0 Å². The minimum Gasteiger partial charge on any atom is -0.508 e. The molecule has 2 N–H and O–H groups in total. The number of allylic oxidation sites excluding steroid dienone is 8. The van der Waals surface area contributed by atoms with E-state index < -0.39 is 0 Å². The lowest BCUT2D eigenvalue weighted by atomic mass is 10.2. The van der Waals surface area contributed by atoms with E-state index in [1.54, 1.807) is 36.4 Å². The van der Waals surface area contributed by atoms with Gasteiger partial charge in [-0.1, -0.05) is 84.5 Å². The number of hydrogen-bond donors (Lipinski definition) is 2. The van der Waals surface area contributed by atoms with Crippen molar-refractivity contribution >= 4 is 0 Å². The van der Waals surface area contributed by atoms with Crippen molar-refractivity contribution in [3.05, 3.63) is 109 Å². The third-order valence-corrected chi connectivity index (χ3v) is 3.10. The maximum absolute atomic E-state index is 8.76. The van der Waals surface area contributed by atoms with E-state index in [-0.39, 0.29) is 0 Å². The van der Waals surface area contributed by atoms with Gasteiger partial charge >= 0.3 is 0 Å². The lowest BCUT2D eigenvalue weighted by Crippen LogP contribution is -1.66. The lowest BCUT2D eigenvalue weighted by molar-refractivity contribution is 0.474. The van der Waals surface area contributed by atoms with Gasteiger partial charge in [-0.25, -0.2) is 0 Å². The van der Waals surface area contributed by atoms with Crippen molar-refractivity contribution in [2.24, 2.45) is 0 Å². The van der Waals surface area contributed by atoms with Crippen LogP contribution in [0.25, 0.3) is 0 Å². The molecule has 0 aromatic heterocycles. The van der Waals surface area contributed by atoms with Gasteiger partial charge in [0.1, 0.15) is 11.5 Å². The van der Waals surface area contributed by atoms with E-state index >= 15 is 0 Å². The summed E-state index contributed by atoms with van der Waals surface area (Å²) in [6, 6.07) is 15.8. The molecule has 0 aliphatic heterocycles. The zero-order valence-corrected chi connectivity index (χ0v) is 14.6. The van der Waals surface area contributed by atoms with E-state index in [0.717, 1.165) is 12.8 Å². The summed E-state index contributed by atoms with van der Waals surface area (Å²) in [5.74, 6) is 0.651. The first kappa shape index (κ1) is 20.0. The van der Waals surface area contributed by atoms with Crippen LogP contribution < -0.4 is 0 Å². The number of aryl methyl sites for hydroxylation is 1. The van der Waals surface area contributed by atoms with Crippen LogP contribution in [0.2, 0.25) is 0 Å². The monoisotopic (exact) mass is 334 g/mol. The zero-order chi connectivity index (χ0) is 18.2. The molecule has 2 nitrogen and oxygen atoms in total. The van der Waals surface area contributed by atoms with E-state index in [1.165, 1.54) is 5.56 Å². The summed E-state index contributed by atoms with van der Waals surface area (Å²) < 4.78 is 0. The SMILES string of the molecule is C1=CCC=C1.C1=CCC=C1.Cc1ccc(O)cc1.Oc1ccccc1. The van der Waals surface area contributed by atoms with Crippen molar-refractivity contribution in [2.45, 2.75) is 19.8 Å². The van der Waals surface area contributed by atoms with Gasteiger partial charge in [0.2, 0.25) is 0 Å². The topological polar surface area (TPSA) is 40.5 Å². The van der Waals surface area contributed by atoms with Gasteiger partial charge in [0.05, 0.1) is 0 Å². The summed E-state index contributed by atoms with van der Waals surface area (Å²) in [5, 5.41) is 17.4. The largest absolute Gasteiger partial charge is 0.508 e. The molecule has 0 atom stereocenters. The number of aromatic hydroxyl groups is 2. The molecule has 2 aliphatic rings. The highest BCUT2D eigenvalue weighted by atomic mass is 16.3. The van der Waals surface area contributed by atoms with Crippen LogP contribution in [-0.2, 0) is 0 Å². The first-order valence-corrected chi connectivity index (χ1v) is 8.31. The zero-order valence-electron chi connectivity index (χ0n) is 14.6. The van der Waals surface area contributed by atoms with Crippen molar-refractivity contribution in [2.75, 3.05) is 0 Å². The highest BCUT2D eigenvalue weighted by molar-refractivity contribution is 5.24. The Hall–Kier alpha value is -3.00. The molecule has 2 heteroatoms. The van der Waals surface area contributed by atoms with Crippen LogP contribution in [0.3, 0.4) is 0 Å². The molecule has 0 unspecified atom stereocenters. The molecule has 130 valence electrons. The van der Waals surface area contributed by atoms with Crippen molar-refractivity contribution < 1.29 is 10.2 Å². The summed E-state index contributed by atoms with van der Waals surface area (Å²) in [5.41, 5.74) is 1.17. The van der Waals surface area contributed by atoms with Crippen LogP contribution in [0.5, 0.6) is 11.5 Å². The lowest BCUT2D eigenvalue weighted by Gasteiger charge is -1.89. The van der Waals surface area contributed by atoms with Crippen LogP contribution in [0.4, 0.5) is 0 Å². The summed E-state index contributed by atoms with van der Waals surface area (Å²) >= 11 is 0. The molecule has 2 aromatic rings. The Morgan fingerprint density at radius 1 is 0.560 bits per heavy atom. The number of rotatable bonds is 0. The number of para-hydroxylation sites is 1. The number of hydrogen-bond acceptors (Lipinski definition) is 2. The smallest absolute Gasteiger partial charge is 0.115 e. The standard InChI is InChI=1S/C7H8O.C6H6O.2C5H6/c1-6-2-4-7(8)5-3-6;7-6-4-2-1-3-5-6;2*1-2-4-5-3-1/h2-5,8H,1H3;1-5,7H;2*1-4H,5H2. The Labute approximate surface area is 150 Å². The second-order valence-corrected chi connectivity index (χ2v) is 5.36. The average Bonchev–Trinajstić information content (AvgIpc) is 3.38. The van der Waals surface area contributed by atoms with Crippen LogP contribution in [0.1, 0.15) is 18.4 Å². The van der Waals surface area contributed by atoms with Gasteiger partial charge in [0.25, 0.3) is 0 Å². The third-order valence-electron chi connectivity index (χ3n) is 3.10. The number of phenolic OH excluding ortho intramolecular Hbond substituents is 2. The van der Waals surface area contributed by atoms with E-state index in [4.69, 9.17) is 10.2 Å². The molecular formula is C23H26O2. The molecular weight excluding hydrogens is 308 g/mol. The first-order chi connectivity index (χ1) is 12.2. The summed E-state index contributed by atoms with van der Waals surface area (Å²) in [6.07, 6.45) is 19.0. The maximum atomic E-state index is 8.76. The highest BCUT2D eigenvalue weighted by Gasteiger charge is 1.82. The Balaban J connectivity index is 0.000000170. The first-order valence-electron chi connectivity index (χ1n) is 8.31. The Morgan fingerprint density at radius 2 is 0.960 bits per heavy atom. The van der Waals surface area contributed by atoms with Crippen molar-refractivity contribution in [1.29, 1.82) is 0 Å². The summed E-state index contributed by atoms with van der Waals surface area (Å²) in [7, 11) is 0. The van der Waals surface area contributed by atoms with Crippen LogP contribution in [0, 0.1) is 6.92 Å². The molecule has 0 heterocycles. The molecule has 4 rings (SSSR count). The molecule has 0 saturated heterocycles. The minimum absolute atomic E-state index is 0.322. The van der Waals surface area contributed by atoms with E-state index in [1.807, 2.05) is 25.1 Å². The van der Waals surface area contributed by atoms with Gasteiger partial charge in [0, 0.05) is 0 Å². The summed E-state index contributed by atoms with van der Waals surface area (Å²) in [4.78, 5) is 0. The fourth-order valence-electron chi connectivity index (χ4n) is 1.76. The van der Waals surface area contributed by atoms with Gasteiger partial charge in [-0.2, -0.15) is 0 Å². The Morgan fingerprint density at radius 3 is 1.20 bits per heavy atom. The molecule has 0 amide bonds. The Kier molecular flexibility index (Phi) is 10.8. The van der Waals surface area contributed by atoms with Gasteiger partial charge in [-0.05, 0) is 44.0 Å². The van der Waals surface area contributed by atoms with Crippen LogP contribution in [-0.4, -0.2) is 10.2 Å². The normalized spacial score (nSPS) is 12.4. The highest BCUT2D eigenvalue weighted by Crippen LogP contribution is 2.07. The average molecular weight is 334 g/mol. The fraction of sp³-hybridized carbons (Fsp3) is 0.130. The molecule has 0 saturated carbocycles. The molecule has 0 radical (unpaired) electrons. The van der Waals surface area contributed by atoms with Crippen molar-refractivity contribution in [3.63, 3.8) is 0 Å². The quantitative estimate of drug-likeness (QED) is 0.611. The minimum atomic E-state index is 0.322. The van der Waals surface area contributed by atoms with E-state index in [9.17, 15) is 0 Å². The second-order valence-electron chi connectivity index (χ2n) is 5.36. The molecule has 0 bridgehead atoms. The predicted molar refractivity (Wildman–Crippen MR) is 107 cm³/mol. The molecule has 2 aromatic carbocycles. The van der Waals surface area contributed by atoms with Gasteiger partial charge in [-0.3, -0.25) is 0 Å². The van der Waals surface area contributed by atoms with Crippen LogP contribution in [0.15, 0.2) is 103 Å². The number of benzene rings is 2. The predicted octanol–water partition coefficient (Wildman–Crippen LogP) is 6.10. The van der Waals surface area contributed by atoms with Crippen LogP contribution >= 0.6 is 0 Å². The van der Waals surface area contributed by atoms with Crippen molar-refractivity contribution in [1.82, 2.24) is 0 Å². The third kappa shape index (κ3) is 12.1. The van der Waals surface area contributed by atoms with Crippen molar-refractivity contribution in [3.8, 4) is 11.5 Å². The fourth-order valence-corrected chi connectivity index (χ4v) is 1.76. The second kappa shape index (κ2) is 13.4. The molecule has 25 heavy (non-hydrogen) atoms. The van der Waals surface area contributed by atoms with E-state index in [2.05, 4.69) is 48.6 Å². The maximum Gasteiger partial charge on any atom is 0.115 e.